The van der Waals surface area contributed by atoms with E-state index < -0.39 is 0 Å². The van der Waals surface area contributed by atoms with E-state index in [2.05, 4.69) is 25.5 Å². The van der Waals surface area contributed by atoms with Crippen molar-refractivity contribution in [3.05, 3.63) is 65.5 Å². The van der Waals surface area contributed by atoms with E-state index in [0.717, 1.165) is 28.9 Å². The molecular weight excluding hydrogens is 385 g/mol. The number of hydrogen-bond donors (Lipinski definition) is 2. The van der Waals surface area contributed by atoms with Gasteiger partial charge in [0.1, 0.15) is 18.0 Å². The molecular formula is C21H22FN7O. The number of halogens is 1. The lowest BCUT2D eigenvalue weighted by molar-refractivity contribution is 0.276. The van der Waals surface area contributed by atoms with Crippen LogP contribution in [-0.2, 0) is 20.1 Å². The van der Waals surface area contributed by atoms with Crippen LogP contribution in [0.15, 0.2) is 42.7 Å². The molecule has 0 aliphatic rings. The fourth-order valence-corrected chi connectivity index (χ4v) is 3.47. The normalized spacial score (nSPS) is 11.1. The first-order valence-corrected chi connectivity index (χ1v) is 9.57. The van der Waals surface area contributed by atoms with Gasteiger partial charge >= 0.3 is 0 Å². The number of rotatable bonds is 6. The summed E-state index contributed by atoms with van der Waals surface area (Å²) in [4.78, 5) is 8.59. The molecule has 2 N–H and O–H groups in total. The smallest absolute Gasteiger partial charge is 0.159 e. The van der Waals surface area contributed by atoms with E-state index in [1.807, 2.05) is 20.9 Å². The Kier molecular flexibility index (Phi) is 5.28. The summed E-state index contributed by atoms with van der Waals surface area (Å²) in [6.45, 7) is 3.80. The monoisotopic (exact) mass is 407 g/mol. The Bertz CT molecular complexity index is 1180. The molecule has 1 aromatic carbocycles. The summed E-state index contributed by atoms with van der Waals surface area (Å²) >= 11 is 0. The summed E-state index contributed by atoms with van der Waals surface area (Å²) in [6.07, 6.45) is 2.19. The van der Waals surface area contributed by atoms with Crippen LogP contribution in [0.1, 0.15) is 23.9 Å². The molecule has 0 unspecified atom stereocenters. The minimum atomic E-state index is -0.274. The van der Waals surface area contributed by atoms with Crippen molar-refractivity contribution >= 4 is 11.6 Å². The number of aryl methyl sites for hydroxylation is 2. The largest absolute Gasteiger partial charge is 0.390 e. The molecule has 4 aromatic rings. The molecule has 154 valence electrons. The average Bonchev–Trinajstić information content (AvgIpc) is 3.27. The van der Waals surface area contributed by atoms with E-state index in [9.17, 15) is 9.50 Å². The van der Waals surface area contributed by atoms with Crippen LogP contribution in [-0.4, -0.2) is 34.6 Å². The van der Waals surface area contributed by atoms with Gasteiger partial charge in [-0.15, -0.1) is 0 Å². The minimum absolute atomic E-state index is 0.135. The molecule has 0 aliphatic carbocycles. The Morgan fingerprint density at radius 1 is 1.10 bits per heavy atom. The maximum Gasteiger partial charge on any atom is 0.159 e. The predicted molar refractivity (Wildman–Crippen MR) is 111 cm³/mol. The van der Waals surface area contributed by atoms with Crippen LogP contribution in [0.3, 0.4) is 0 Å². The maximum absolute atomic E-state index is 13.3. The molecule has 0 bridgehead atoms. The molecule has 8 nitrogen and oxygen atoms in total. The summed E-state index contributed by atoms with van der Waals surface area (Å²) in [6, 6.07) is 9.96. The van der Waals surface area contributed by atoms with Gasteiger partial charge in [-0.05, 0) is 43.7 Å². The molecule has 9 heteroatoms. The first-order chi connectivity index (χ1) is 14.5. The molecule has 3 aromatic heterocycles. The van der Waals surface area contributed by atoms with Crippen molar-refractivity contribution in [2.45, 2.75) is 26.9 Å². The third-order valence-corrected chi connectivity index (χ3v) is 4.83. The van der Waals surface area contributed by atoms with Crippen LogP contribution in [0, 0.1) is 12.7 Å². The number of aliphatic hydroxyl groups is 1. The molecule has 0 amide bonds. The van der Waals surface area contributed by atoms with Crippen LogP contribution in [0.2, 0.25) is 0 Å². The summed E-state index contributed by atoms with van der Waals surface area (Å²) < 4.78 is 16.8. The quantitative estimate of drug-likeness (QED) is 0.509. The number of aliphatic hydroxyl groups excluding tert-OH is 1. The maximum atomic E-state index is 13.3. The third-order valence-electron chi connectivity index (χ3n) is 4.83. The number of aromatic nitrogens is 6. The second kappa shape index (κ2) is 8.03. The SMILES string of the molecule is CCc1c(Nc2cc(-n3nc(CO)cc3C)ncn2)nn(C)c1-c1ccc(F)cc1. The number of benzene rings is 1. The van der Waals surface area contributed by atoms with Gasteiger partial charge in [0.2, 0.25) is 0 Å². The lowest BCUT2D eigenvalue weighted by atomic mass is 10.1. The molecule has 4 rings (SSSR count). The first kappa shape index (κ1) is 19.7. The van der Waals surface area contributed by atoms with Crippen LogP contribution >= 0.6 is 0 Å². The summed E-state index contributed by atoms with van der Waals surface area (Å²) in [5, 5.41) is 21.5. The van der Waals surface area contributed by atoms with Crippen molar-refractivity contribution in [2.75, 3.05) is 5.32 Å². The predicted octanol–water partition coefficient (Wildman–Crippen LogP) is 3.31. The standard InChI is InChI=1S/C21H22FN7O/c1-4-17-20(14-5-7-15(22)8-6-14)28(3)27-21(17)25-18-10-19(24-12-23-18)29-13(2)9-16(11-30)26-29/h5-10,12,30H,4,11H2,1-3H3,(H,23,24,25,27). The van der Waals surface area contributed by atoms with Gasteiger partial charge in [-0.2, -0.15) is 10.2 Å². The van der Waals surface area contributed by atoms with Crippen molar-refractivity contribution in [3.63, 3.8) is 0 Å². The fraction of sp³-hybridized carbons (Fsp3) is 0.238. The fourth-order valence-electron chi connectivity index (χ4n) is 3.47. The molecule has 0 atom stereocenters. The molecule has 0 radical (unpaired) electrons. The average molecular weight is 407 g/mol. The second-order valence-corrected chi connectivity index (χ2v) is 6.89. The van der Waals surface area contributed by atoms with Crippen LogP contribution in [0.5, 0.6) is 0 Å². The van der Waals surface area contributed by atoms with E-state index in [-0.39, 0.29) is 12.4 Å². The van der Waals surface area contributed by atoms with Gasteiger partial charge in [0.05, 0.1) is 18.0 Å². The lowest BCUT2D eigenvalue weighted by Gasteiger charge is -2.08. The van der Waals surface area contributed by atoms with Crippen molar-refractivity contribution in [1.82, 2.24) is 29.5 Å². The van der Waals surface area contributed by atoms with E-state index in [4.69, 9.17) is 0 Å². The third kappa shape index (κ3) is 3.67. The Balaban J connectivity index is 1.69. The molecule has 0 aliphatic heterocycles. The van der Waals surface area contributed by atoms with E-state index >= 15 is 0 Å². The number of hydrogen-bond acceptors (Lipinski definition) is 6. The molecule has 0 saturated carbocycles. The highest BCUT2D eigenvalue weighted by atomic mass is 19.1. The minimum Gasteiger partial charge on any atom is -0.390 e. The second-order valence-electron chi connectivity index (χ2n) is 6.89. The molecule has 30 heavy (non-hydrogen) atoms. The molecule has 3 heterocycles. The van der Waals surface area contributed by atoms with Gasteiger partial charge in [-0.25, -0.2) is 19.0 Å². The molecule has 0 spiro atoms. The zero-order chi connectivity index (χ0) is 21.3. The van der Waals surface area contributed by atoms with Crippen LogP contribution in [0.25, 0.3) is 17.1 Å². The lowest BCUT2D eigenvalue weighted by Crippen LogP contribution is -2.05. The zero-order valence-corrected chi connectivity index (χ0v) is 17.0. The summed E-state index contributed by atoms with van der Waals surface area (Å²) in [5.41, 5.74) is 4.24. The zero-order valence-electron chi connectivity index (χ0n) is 17.0. The van der Waals surface area contributed by atoms with Gasteiger partial charge in [-0.3, -0.25) is 4.68 Å². The van der Waals surface area contributed by atoms with E-state index in [1.54, 1.807) is 33.6 Å². The van der Waals surface area contributed by atoms with Crippen molar-refractivity contribution in [3.8, 4) is 17.1 Å². The molecule has 0 fully saturated rings. The Morgan fingerprint density at radius 3 is 2.53 bits per heavy atom. The highest BCUT2D eigenvalue weighted by Gasteiger charge is 2.17. The Labute approximate surface area is 173 Å². The topological polar surface area (TPSA) is 93.7 Å². The van der Waals surface area contributed by atoms with Crippen LogP contribution in [0.4, 0.5) is 16.0 Å². The highest BCUT2D eigenvalue weighted by Crippen LogP contribution is 2.31. The van der Waals surface area contributed by atoms with Crippen molar-refractivity contribution < 1.29 is 9.50 Å². The van der Waals surface area contributed by atoms with E-state index in [1.165, 1.54) is 18.5 Å². The van der Waals surface area contributed by atoms with Crippen molar-refractivity contribution in [1.29, 1.82) is 0 Å². The summed E-state index contributed by atoms with van der Waals surface area (Å²) in [7, 11) is 1.86. The van der Waals surface area contributed by atoms with Gasteiger partial charge in [0.15, 0.2) is 11.6 Å². The summed E-state index contributed by atoms with van der Waals surface area (Å²) in [5.74, 6) is 1.55. The van der Waals surface area contributed by atoms with Crippen LogP contribution < -0.4 is 5.32 Å². The number of nitrogens with zero attached hydrogens (tertiary/aromatic N) is 6. The van der Waals surface area contributed by atoms with Gasteiger partial charge < -0.3 is 10.4 Å². The number of nitrogens with one attached hydrogen (secondary N) is 1. The van der Waals surface area contributed by atoms with Gasteiger partial charge in [-0.1, -0.05) is 6.92 Å². The first-order valence-electron chi connectivity index (χ1n) is 9.57. The van der Waals surface area contributed by atoms with Crippen molar-refractivity contribution in [2.24, 2.45) is 7.05 Å². The Hall–Kier alpha value is -3.59. The number of anilines is 2. The van der Waals surface area contributed by atoms with Gasteiger partial charge in [0.25, 0.3) is 0 Å². The Morgan fingerprint density at radius 2 is 1.87 bits per heavy atom. The van der Waals surface area contributed by atoms with E-state index in [0.29, 0.717) is 23.1 Å². The molecule has 0 saturated heterocycles. The van der Waals surface area contributed by atoms with Gasteiger partial charge in [0, 0.05) is 29.9 Å². The highest BCUT2D eigenvalue weighted by molar-refractivity contribution is 5.72.